The second-order valence-electron chi connectivity index (χ2n) is 6.90. The Hall–Kier alpha value is -3.68. The van der Waals surface area contributed by atoms with Crippen molar-refractivity contribution in [2.24, 2.45) is 0 Å². The van der Waals surface area contributed by atoms with Crippen LogP contribution >= 0.6 is 0 Å². The number of unbranched alkanes of at least 4 members (excludes halogenated alkanes) is 1. The summed E-state index contributed by atoms with van der Waals surface area (Å²) in [7, 11) is 3.02. The number of ether oxygens (including phenoxy) is 5. The van der Waals surface area contributed by atoms with E-state index in [9.17, 15) is 9.59 Å². The van der Waals surface area contributed by atoms with Crippen molar-refractivity contribution in [3.8, 4) is 23.0 Å². The van der Waals surface area contributed by atoms with Gasteiger partial charge in [-0.3, -0.25) is 4.79 Å². The summed E-state index contributed by atoms with van der Waals surface area (Å²) in [5.74, 6) is 1.16. The van der Waals surface area contributed by atoms with E-state index < -0.39 is 18.5 Å². The van der Waals surface area contributed by atoms with Gasteiger partial charge in [-0.05, 0) is 49.2 Å². The lowest BCUT2D eigenvalue weighted by molar-refractivity contribution is -0.142. The molecule has 0 heterocycles. The predicted molar refractivity (Wildman–Crippen MR) is 126 cm³/mol. The Morgan fingerprint density at radius 3 is 2.45 bits per heavy atom. The number of carbonyl (C=O) groups is 2. The van der Waals surface area contributed by atoms with Crippen LogP contribution < -0.4 is 24.3 Å². The SMILES string of the molecule is CCCCOc1ccc(/C=C/C(=O)OCC(=O)Nc2ccc(OC)cc2OC)cc1OCC. The summed E-state index contributed by atoms with van der Waals surface area (Å²) in [6, 6.07) is 10.4. The summed E-state index contributed by atoms with van der Waals surface area (Å²) in [5.41, 5.74) is 1.19. The molecule has 2 rings (SSSR count). The quantitative estimate of drug-likeness (QED) is 0.269. The maximum absolute atomic E-state index is 12.1. The van der Waals surface area contributed by atoms with E-state index in [1.165, 1.54) is 20.3 Å². The smallest absolute Gasteiger partial charge is 0.331 e. The van der Waals surface area contributed by atoms with Crippen LogP contribution in [0.1, 0.15) is 32.3 Å². The van der Waals surface area contributed by atoms with Crippen LogP contribution in [0, 0.1) is 0 Å². The van der Waals surface area contributed by atoms with Gasteiger partial charge in [0.15, 0.2) is 18.1 Å². The topological polar surface area (TPSA) is 92.3 Å². The van der Waals surface area contributed by atoms with E-state index in [0.29, 0.717) is 41.9 Å². The lowest BCUT2D eigenvalue weighted by Gasteiger charge is -2.12. The molecule has 0 saturated carbocycles. The fourth-order valence-electron chi connectivity index (χ4n) is 2.78. The van der Waals surface area contributed by atoms with Crippen molar-refractivity contribution in [1.82, 2.24) is 0 Å². The van der Waals surface area contributed by atoms with Crippen LogP contribution in [0.15, 0.2) is 42.5 Å². The van der Waals surface area contributed by atoms with E-state index in [1.807, 2.05) is 13.0 Å². The third kappa shape index (κ3) is 8.40. The van der Waals surface area contributed by atoms with Crippen molar-refractivity contribution >= 4 is 23.6 Å². The first kappa shape index (κ1) is 25.6. The molecule has 0 unspecified atom stereocenters. The highest BCUT2D eigenvalue weighted by Crippen LogP contribution is 2.30. The van der Waals surface area contributed by atoms with Crippen LogP contribution in [0.25, 0.3) is 6.08 Å². The zero-order valence-corrected chi connectivity index (χ0v) is 19.5. The molecule has 0 radical (unpaired) electrons. The largest absolute Gasteiger partial charge is 0.497 e. The van der Waals surface area contributed by atoms with Crippen LogP contribution in [0.2, 0.25) is 0 Å². The third-order valence-electron chi connectivity index (χ3n) is 4.46. The van der Waals surface area contributed by atoms with Gasteiger partial charge < -0.3 is 29.0 Å². The second-order valence-corrected chi connectivity index (χ2v) is 6.90. The van der Waals surface area contributed by atoms with Crippen molar-refractivity contribution < 1.29 is 33.3 Å². The lowest BCUT2D eigenvalue weighted by Crippen LogP contribution is -2.20. The third-order valence-corrected chi connectivity index (χ3v) is 4.46. The summed E-state index contributed by atoms with van der Waals surface area (Å²) in [6.07, 6.45) is 4.84. The molecule has 8 heteroatoms. The highest BCUT2D eigenvalue weighted by Gasteiger charge is 2.11. The number of esters is 1. The number of carbonyl (C=O) groups excluding carboxylic acids is 2. The number of methoxy groups -OCH3 is 2. The van der Waals surface area contributed by atoms with Gasteiger partial charge >= 0.3 is 5.97 Å². The molecule has 0 aliphatic rings. The molecular weight excluding hydrogens is 426 g/mol. The van der Waals surface area contributed by atoms with Crippen LogP contribution in [0.5, 0.6) is 23.0 Å². The summed E-state index contributed by atoms with van der Waals surface area (Å²) < 4.78 is 26.8. The van der Waals surface area contributed by atoms with Crippen LogP contribution in [-0.4, -0.2) is 45.9 Å². The van der Waals surface area contributed by atoms with Crippen LogP contribution in [-0.2, 0) is 14.3 Å². The molecular formula is C25H31NO7. The van der Waals surface area contributed by atoms with Crippen LogP contribution in [0.4, 0.5) is 5.69 Å². The van der Waals surface area contributed by atoms with Crippen LogP contribution in [0.3, 0.4) is 0 Å². The minimum absolute atomic E-state index is 0.432. The van der Waals surface area contributed by atoms with Gasteiger partial charge in [-0.25, -0.2) is 4.79 Å². The molecule has 0 atom stereocenters. The molecule has 2 aromatic rings. The fourth-order valence-corrected chi connectivity index (χ4v) is 2.78. The maximum Gasteiger partial charge on any atom is 0.331 e. The number of anilines is 1. The van der Waals surface area contributed by atoms with E-state index in [4.69, 9.17) is 23.7 Å². The van der Waals surface area contributed by atoms with Crippen molar-refractivity contribution in [1.29, 1.82) is 0 Å². The summed E-state index contributed by atoms with van der Waals surface area (Å²) in [4.78, 5) is 24.2. The lowest BCUT2D eigenvalue weighted by atomic mass is 10.2. The van der Waals surface area contributed by atoms with E-state index in [-0.39, 0.29) is 0 Å². The number of benzene rings is 2. The van der Waals surface area contributed by atoms with Crippen molar-refractivity contribution in [3.63, 3.8) is 0 Å². The molecule has 1 amide bonds. The Morgan fingerprint density at radius 2 is 1.76 bits per heavy atom. The maximum atomic E-state index is 12.1. The Balaban J connectivity index is 1.91. The molecule has 0 aliphatic carbocycles. The molecule has 33 heavy (non-hydrogen) atoms. The standard InChI is InChI=1S/C25H31NO7/c1-5-7-14-32-21-12-8-18(15-23(21)31-6-2)9-13-25(28)33-17-24(27)26-20-11-10-19(29-3)16-22(20)30-4/h8-13,15-16H,5-7,14,17H2,1-4H3,(H,26,27)/b13-9+. The van der Waals surface area contributed by atoms with E-state index >= 15 is 0 Å². The molecule has 2 aromatic carbocycles. The Labute approximate surface area is 194 Å². The van der Waals surface area contributed by atoms with E-state index in [1.54, 1.807) is 36.4 Å². The number of rotatable bonds is 13. The molecule has 0 saturated heterocycles. The molecule has 0 fully saturated rings. The molecule has 0 aromatic heterocycles. The molecule has 0 aliphatic heterocycles. The van der Waals surface area contributed by atoms with Gasteiger partial charge in [0.1, 0.15) is 11.5 Å². The second kappa shape index (κ2) is 13.7. The van der Waals surface area contributed by atoms with Gasteiger partial charge in [-0.1, -0.05) is 19.4 Å². The first-order chi connectivity index (χ1) is 16.0. The summed E-state index contributed by atoms with van der Waals surface area (Å²) in [5, 5.41) is 2.64. The minimum Gasteiger partial charge on any atom is -0.497 e. The van der Waals surface area contributed by atoms with Crippen molar-refractivity contribution in [3.05, 3.63) is 48.0 Å². The highest BCUT2D eigenvalue weighted by atomic mass is 16.5. The zero-order valence-electron chi connectivity index (χ0n) is 19.5. The van der Waals surface area contributed by atoms with Gasteiger partial charge in [0.2, 0.25) is 0 Å². The summed E-state index contributed by atoms with van der Waals surface area (Å²) in [6.45, 7) is 4.66. The number of hydrogen-bond donors (Lipinski definition) is 1. The molecule has 0 spiro atoms. The Bertz CT molecular complexity index is 956. The monoisotopic (exact) mass is 457 g/mol. The number of hydrogen-bond acceptors (Lipinski definition) is 7. The first-order valence-corrected chi connectivity index (χ1v) is 10.8. The van der Waals surface area contributed by atoms with Crippen molar-refractivity contribution in [2.45, 2.75) is 26.7 Å². The van der Waals surface area contributed by atoms with Gasteiger partial charge in [0, 0.05) is 12.1 Å². The molecule has 178 valence electrons. The zero-order chi connectivity index (χ0) is 24.1. The van der Waals surface area contributed by atoms with Crippen molar-refractivity contribution in [2.75, 3.05) is 39.4 Å². The summed E-state index contributed by atoms with van der Waals surface area (Å²) >= 11 is 0. The molecule has 8 nitrogen and oxygen atoms in total. The highest BCUT2D eigenvalue weighted by molar-refractivity contribution is 5.95. The average molecular weight is 458 g/mol. The van der Waals surface area contributed by atoms with Gasteiger partial charge in [-0.2, -0.15) is 0 Å². The van der Waals surface area contributed by atoms with E-state index in [2.05, 4.69) is 12.2 Å². The normalized spacial score (nSPS) is 10.5. The van der Waals surface area contributed by atoms with E-state index in [0.717, 1.165) is 18.4 Å². The fraction of sp³-hybridized carbons (Fsp3) is 0.360. The first-order valence-electron chi connectivity index (χ1n) is 10.8. The number of amides is 1. The van der Waals surface area contributed by atoms with Gasteiger partial charge in [0.25, 0.3) is 5.91 Å². The molecule has 0 bridgehead atoms. The minimum atomic E-state index is -0.645. The predicted octanol–water partition coefficient (Wildman–Crippen LogP) is 4.48. The van der Waals surface area contributed by atoms with Gasteiger partial charge in [0.05, 0.1) is 33.1 Å². The Morgan fingerprint density at radius 1 is 0.939 bits per heavy atom. The van der Waals surface area contributed by atoms with Gasteiger partial charge in [-0.15, -0.1) is 0 Å². The number of nitrogens with one attached hydrogen (secondary N) is 1. The Kier molecular flexibility index (Phi) is 10.6. The average Bonchev–Trinajstić information content (AvgIpc) is 2.83. The molecule has 1 N–H and O–H groups in total.